The van der Waals surface area contributed by atoms with Gasteiger partial charge in [-0.2, -0.15) is 0 Å². The van der Waals surface area contributed by atoms with Gasteiger partial charge in [0.2, 0.25) is 0 Å². The van der Waals surface area contributed by atoms with Gasteiger partial charge >= 0.3 is 0 Å². The average molecular weight is 428 g/mol. The Balaban J connectivity index is 1.55. The Morgan fingerprint density at radius 2 is 1.78 bits per heavy atom. The topological polar surface area (TPSA) is 61.0 Å². The highest BCUT2D eigenvalue weighted by Gasteiger charge is 2.34. The number of pyridine rings is 2. The minimum atomic E-state index is -0.242. The first kappa shape index (κ1) is 21.8. The quantitative estimate of drug-likeness (QED) is 0.333. The molecule has 1 atom stereocenters. The third kappa shape index (κ3) is 4.42. The third-order valence-corrected chi connectivity index (χ3v) is 6.23. The fourth-order valence-corrected chi connectivity index (χ4v) is 3.79. The fourth-order valence-electron chi connectivity index (χ4n) is 3.79. The van der Waals surface area contributed by atoms with Gasteiger partial charge in [0.05, 0.1) is 23.3 Å². The van der Waals surface area contributed by atoms with Gasteiger partial charge in [0.25, 0.3) is 0 Å². The Morgan fingerprint density at radius 3 is 2.38 bits per heavy atom. The summed E-state index contributed by atoms with van der Waals surface area (Å²) in [5.41, 5.74) is 4.86. The number of hydrogen-bond acceptors (Lipinski definition) is 5. The van der Waals surface area contributed by atoms with Crippen LogP contribution in [0.2, 0.25) is 0 Å². The van der Waals surface area contributed by atoms with Crippen molar-refractivity contribution in [2.24, 2.45) is 5.92 Å². The number of hydrogen-bond donors (Lipinski definition) is 0. The number of nitrogens with zero attached hydrogens (tertiary/aromatic N) is 3. The molecule has 0 radical (unpaired) electrons. The van der Waals surface area contributed by atoms with Gasteiger partial charge in [-0.25, -0.2) is 0 Å². The predicted molar refractivity (Wildman–Crippen MR) is 125 cm³/mol. The first-order chi connectivity index (χ1) is 15.5. The van der Waals surface area contributed by atoms with Crippen molar-refractivity contribution in [3.05, 3.63) is 95.7 Å². The van der Waals surface area contributed by atoms with Crippen molar-refractivity contribution in [2.75, 3.05) is 0 Å². The summed E-state index contributed by atoms with van der Waals surface area (Å²) in [4.78, 5) is 9.07. The summed E-state index contributed by atoms with van der Waals surface area (Å²) in [6.07, 6.45) is 4.43. The summed E-state index contributed by atoms with van der Waals surface area (Å²) in [6, 6.07) is 20.4. The van der Waals surface area contributed by atoms with Gasteiger partial charge < -0.3 is 9.26 Å². The third-order valence-electron chi connectivity index (χ3n) is 6.23. The van der Waals surface area contributed by atoms with Gasteiger partial charge in [-0.15, -0.1) is 0 Å². The first-order valence-corrected chi connectivity index (χ1v) is 11.1. The lowest BCUT2D eigenvalue weighted by Crippen LogP contribution is -2.31. The normalized spacial score (nSPS) is 13.2. The highest BCUT2D eigenvalue weighted by Crippen LogP contribution is 2.39. The summed E-state index contributed by atoms with van der Waals surface area (Å²) < 4.78 is 11.3. The highest BCUT2D eigenvalue weighted by molar-refractivity contribution is 5.58. The zero-order valence-electron chi connectivity index (χ0n) is 19.1. The Labute approximate surface area is 189 Å². The molecule has 0 bridgehead atoms. The maximum atomic E-state index is 5.86. The molecular weight excluding hydrogens is 398 g/mol. The Kier molecular flexibility index (Phi) is 6.35. The van der Waals surface area contributed by atoms with Crippen LogP contribution in [0.25, 0.3) is 11.3 Å². The molecule has 4 aromatic rings. The van der Waals surface area contributed by atoms with Crippen LogP contribution in [0.15, 0.2) is 77.6 Å². The molecule has 0 aliphatic heterocycles. The lowest BCUT2D eigenvalue weighted by Gasteiger charge is -2.34. The van der Waals surface area contributed by atoms with Gasteiger partial charge in [-0.1, -0.05) is 56.3 Å². The van der Waals surface area contributed by atoms with Gasteiger partial charge in [0, 0.05) is 23.2 Å². The van der Waals surface area contributed by atoms with Crippen molar-refractivity contribution in [1.82, 2.24) is 15.1 Å². The van der Waals surface area contributed by atoms with E-state index in [-0.39, 0.29) is 5.41 Å². The molecule has 0 saturated heterocycles. The second-order valence-corrected chi connectivity index (χ2v) is 8.46. The van der Waals surface area contributed by atoms with Crippen LogP contribution in [0.3, 0.4) is 0 Å². The fraction of sp³-hybridized carbons (Fsp3) is 0.296. The van der Waals surface area contributed by atoms with Crippen molar-refractivity contribution >= 4 is 0 Å². The van der Waals surface area contributed by atoms with E-state index in [1.165, 1.54) is 5.56 Å². The van der Waals surface area contributed by atoms with E-state index in [2.05, 4.69) is 68.2 Å². The molecule has 3 aromatic heterocycles. The van der Waals surface area contributed by atoms with Crippen molar-refractivity contribution in [2.45, 2.75) is 46.1 Å². The first-order valence-electron chi connectivity index (χ1n) is 11.1. The number of aromatic nitrogens is 3. The lowest BCUT2D eigenvalue weighted by atomic mass is 9.70. The Bertz CT molecular complexity index is 1140. The van der Waals surface area contributed by atoms with Gasteiger partial charge in [0.15, 0.2) is 5.76 Å². The molecule has 0 N–H and O–H groups in total. The molecule has 5 heteroatoms. The van der Waals surface area contributed by atoms with E-state index >= 15 is 0 Å². The van der Waals surface area contributed by atoms with E-state index in [1.807, 2.05) is 30.3 Å². The van der Waals surface area contributed by atoms with Crippen LogP contribution in [0.5, 0.6) is 5.75 Å². The average Bonchev–Trinajstić information content (AvgIpc) is 3.33. The van der Waals surface area contributed by atoms with E-state index in [0.29, 0.717) is 12.5 Å². The number of benzene rings is 1. The molecule has 0 spiro atoms. The molecule has 4 rings (SSSR count). The summed E-state index contributed by atoms with van der Waals surface area (Å²) >= 11 is 0. The van der Waals surface area contributed by atoms with Crippen LogP contribution < -0.4 is 4.74 Å². The summed E-state index contributed by atoms with van der Waals surface area (Å²) in [5, 5.41) is 4.10. The van der Waals surface area contributed by atoms with Gasteiger partial charge in [-0.3, -0.25) is 9.97 Å². The standard InChI is InChI=1S/C27H29N3O2/c1-5-22-16-25(32-30-22)20-9-11-21(12-10-20)27(4,19(2)3)26-14-13-24(17-29-26)31-18-23-8-6-7-15-28-23/h6-17,19H,5,18H2,1-4H3. The second-order valence-electron chi connectivity index (χ2n) is 8.46. The Morgan fingerprint density at radius 1 is 0.969 bits per heavy atom. The van der Waals surface area contributed by atoms with E-state index in [1.54, 1.807) is 12.4 Å². The molecule has 0 amide bonds. The van der Waals surface area contributed by atoms with E-state index in [0.717, 1.165) is 40.6 Å². The maximum absolute atomic E-state index is 5.86. The second kappa shape index (κ2) is 9.35. The minimum Gasteiger partial charge on any atom is -0.486 e. The molecule has 1 unspecified atom stereocenters. The molecule has 164 valence electrons. The van der Waals surface area contributed by atoms with E-state index < -0.39 is 0 Å². The van der Waals surface area contributed by atoms with Crippen molar-refractivity contribution in [3.63, 3.8) is 0 Å². The summed E-state index contributed by atoms with van der Waals surface area (Å²) in [6.45, 7) is 9.19. The van der Waals surface area contributed by atoms with E-state index in [9.17, 15) is 0 Å². The number of aryl methyl sites for hydroxylation is 1. The zero-order chi connectivity index (χ0) is 22.6. The SMILES string of the molecule is CCc1cc(-c2ccc(C(C)(c3ccc(OCc4ccccn4)cn3)C(C)C)cc2)on1. The number of rotatable bonds is 8. The van der Waals surface area contributed by atoms with Crippen molar-refractivity contribution < 1.29 is 9.26 Å². The summed E-state index contributed by atoms with van der Waals surface area (Å²) in [5.74, 6) is 1.88. The molecule has 0 saturated carbocycles. The largest absolute Gasteiger partial charge is 0.486 e. The van der Waals surface area contributed by atoms with Crippen molar-refractivity contribution in [1.29, 1.82) is 0 Å². The molecule has 0 fully saturated rings. The molecule has 3 heterocycles. The lowest BCUT2D eigenvalue weighted by molar-refractivity contribution is 0.299. The van der Waals surface area contributed by atoms with Crippen LogP contribution in [0, 0.1) is 5.92 Å². The highest BCUT2D eigenvalue weighted by atomic mass is 16.5. The van der Waals surface area contributed by atoms with Crippen LogP contribution in [0.1, 0.15) is 50.3 Å². The predicted octanol–water partition coefficient (Wildman–Crippen LogP) is 6.24. The summed E-state index contributed by atoms with van der Waals surface area (Å²) in [7, 11) is 0. The molecule has 0 aliphatic carbocycles. The molecular formula is C27H29N3O2. The molecule has 0 aliphatic rings. The Hall–Kier alpha value is -3.47. The smallest absolute Gasteiger partial charge is 0.167 e. The van der Waals surface area contributed by atoms with Gasteiger partial charge in [-0.05, 0) is 49.1 Å². The van der Waals surface area contributed by atoms with Crippen LogP contribution in [-0.2, 0) is 18.4 Å². The molecule has 5 nitrogen and oxygen atoms in total. The van der Waals surface area contributed by atoms with Gasteiger partial charge in [0.1, 0.15) is 12.4 Å². The maximum Gasteiger partial charge on any atom is 0.167 e. The van der Waals surface area contributed by atoms with Crippen molar-refractivity contribution in [3.8, 4) is 17.1 Å². The van der Waals surface area contributed by atoms with Crippen LogP contribution in [-0.4, -0.2) is 15.1 Å². The van der Waals surface area contributed by atoms with E-state index in [4.69, 9.17) is 14.2 Å². The van der Waals surface area contributed by atoms with Crippen LogP contribution >= 0.6 is 0 Å². The zero-order valence-corrected chi connectivity index (χ0v) is 19.1. The molecule has 32 heavy (non-hydrogen) atoms. The monoisotopic (exact) mass is 427 g/mol. The van der Waals surface area contributed by atoms with Crippen LogP contribution in [0.4, 0.5) is 0 Å². The number of ether oxygens (including phenoxy) is 1. The minimum absolute atomic E-state index is 0.242. The molecule has 1 aromatic carbocycles.